The van der Waals surface area contributed by atoms with Crippen molar-refractivity contribution in [2.75, 3.05) is 12.0 Å². The molecule has 0 atom stereocenters. The number of hydrazine groups is 1. The van der Waals surface area contributed by atoms with Gasteiger partial charge < -0.3 is 19.8 Å². The number of nitrogens with two attached hydrogens (primary N) is 1. The first-order valence-electron chi connectivity index (χ1n) is 7.03. The highest BCUT2D eigenvalue weighted by atomic mass is 16.7. The number of hydrogen-bond donors (Lipinski definition) is 3. The zero-order chi connectivity index (χ0) is 15.7. The molecule has 6 heteroatoms. The van der Waals surface area contributed by atoms with Crippen LogP contribution >= 0.6 is 0 Å². The molecule has 1 heterocycles. The number of para-hydroxylation sites is 1. The average molecular weight is 290 g/mol. The summed E-state index contributed by atoms with van der Waals surface area (Å²) in [5, 5.41) is 9.67. The van der Waals surface area contributed by atoms with Gasteiger partial charge in [-0.3, -0.25) is 5.84 Å². The molecule has 4 N–H and O–H groups in total. The second-order valence-electron chi connectivity index (χ2n) is 6.20. The number of aliphatic hydroxyl groups is 1. The summed E-state index contributed by atoms with van der Waals surface area (Å²) in [4.78, 5) is 0. The fourth-order valence-electron chi connectivity index (χ4n) is 2.14. The van der Waals surface area contributed by atoms with Crippen LogP contribution in [-0.4, -0.2) is 30.0 Å². The Kier molecular flexibility index (Phi) is 4.44. The Morgan fingerprint density at radius 3 is 2.33 bits per heavy atom. The lowest BCUT2D eigenvalue weighted by Gasteiger charge is -2.32. The molecule has 1 aromatic rings. The molecule has 1 aliphatic heterocycles. The molecule has 5 nitrogen and oxygen atoms in total. The minimum Gasteiger partial charge on any atom is -0.400 e. The van der Waals surface area contributed by atoms with E-state index in [0.717, 1.165) is 11.3 Å². The van der Waals surface area contributed by atoms with Crippen molar-refractivity contribution in [2.24, 2.45) is 5.84 Å². The van der Waals surface area contributed by atoms with Crippen molar-refractivity contribution in [2.45, 2.75) is 38.9 Å². The zero-order valence-electron chi connectivity index (χ0n) is 13.0. The number of nitrogens with one attached hydrogen (secondary N) is 1. The van der Waals surface area contributed by atoms with Crippen LogP contribution in [0.2, 0.25) is 0 Å². The summed E-state index contributed by atoms with van der Waals surface area (Å²) in [6.07, 6.45) is 1.84. The lowest BCUT2D eigenvalue weighted by atomic mass is 9.77. The third-order valence-corrected chi connectivity index (χ3v) is 4.20. The van der Waals surface area contributed by atoms with Crippen LogP contribution in [0.25, 0.3) is 6.08 Å². The maximum Gasteiger partial charge on any atom is 0.492 e. The smallest absolute Gasteiger partial charge is 0.400 e. The van der Waals surface area contributed by atoms with Crippen molar-refractivity contribution < 1.29 is 14.4 Å². The molecule has 0 aromatic heterocycles. The lowest BCUT2D eigenvalue weighted by molar-refractivity contribution is 0.00578. The largest absolute Gasteiger partial charge is 0.492 e. The molecule has 1 aromatic carbocycles. The summed E-state index contributed by atoms with van der Waals surface area (Å²) in [5.41, 5.74) is 4.09. The van der Waals surface area contributed by atoms with Gasteiger partial charge in [0.25, 0.3) is 0 Å². The van der Waals surface area contributed by atoms with Gasteiger partial charge in [-0.25, -0.2) is 0 Å². The van der Waals surface area contributed by atoms with Crippen LogP contribution in [0.15, 0.2) is 29.7 Å². The fraction of sp³-hybridized carbons (Fsp3) is 0.467. The molecule has 21 heavy (non-hydrogen) atoms. The molecule has 0 saturated carbocycles. The molecule has 1 fully saturated rings. The van der Waals surface area contributed by atoms with E-state index in [1.54, 1.807) is 0 Å². The molecule has 0 bridgehead atoms. The molecule has 0 spiro atoms. The van der Waals surface area contributed by atoms with Crippen LogP contribution in [0, 0.1) is 0 Å². The normalized spacial score (nSPS) is 20.7. The molecule has 114 valence electrons. The third kappa shape index (κ3) is 3.13. The van der Waals surface area contributed by atoms with Crippen LogP contribution in [0.4, 0.5) is 5.69 Å². The molecule has 0 radical (unpaired) electrons. The second kappa shape index (κ2) is 5.81. The number of hydrogen-bond acceptors (Lipinski definition) is 5. The SMILES string of the molecule is CC1(C)OB(C(=Cc2ccccc2NN)CO)OC1(C)C. The van der Waals surface area contributed by atoms with Crippen LogP contribution in [0.3, 0.4) is 0 Å². The van der Waals surface area contributed by atoms with E-state index < -0.39 is 18.3 Å². The average Bonchev–Trinajstić information content (AvgIpc) is 2.65. The molecule has 0 aliphatic carbocycles. The Morgan fingerprint density at radius 1 is 1.24 bits per heavy atom. The highest BCUT2D eigenvalue weighted by molar-refractivity contribution is 6.55. The number of rotatable bonds is 4. The van der Waals surface area contributed by atoms with Gasteiger partial charge >= 0.3 is 7.12 Å². The summed E-state index contributed by atoms with van der Waals surface area (Å²) in [7, 11) is -0.564. The highest BCUT2D eigenvalue weighted by Gasteiger charge is 2.52. The second-order valence-corrected chi connectivity index (χ2v) is 6.20. The number of benzene rings is 1. The number of anilines is 1. The van der Waals surface area contributed by atoms with E-state index in [4.69, 9.17) is 15.2 Å². The summed E-state index contributed by atoms with van der Waals surface area (Å²) in [5.74, 6) is 5.50. The van der Waals surface area contributed by atoms with E-state index in [9.17, 15) is 5.11 Å². The first-order chi connectivity index (χ1) is 9.80. The van der Waals surface area contributed by atoms with Gasteiger partial charge in [0.2, 0.25) is 0 Å². The van der Waals surface area contributed by atoms with Gasteiger partial charge in [0.1, 0.15) is 0 Å². The van der Waals surface area contributed by atoms with Crippen molar-refractivity contribution in [3.63, 3.8) is 0 Å². The molecular weight excluding hydrogens is 267 g/mol. The molecule has 0 amide bonds. The Labute approximate surface area is 126 Å². The van der Waals surface area contributed by atoms with Gasteiger partial charge in [0, 0.05) is 0 Å². The summed E-state index contributed by atoms with van der Waals surface area (Å²) in [6, 6.07) is 7.58. The Balaban J connectivity index is 2.31. The van der Waals surface area contributed by atoms with Gasteiger partial charge in [0.15, 0.2) is 0 Å². The van der Waals surface area contributed by atoms with E-state index in [-0.39, 0.29) is 6.61 Å². The lowest BCUT2D eigenvalue weighted by Crippen LogP contribution is -2.41. The van der Waals surface area contributed by atoms with Crippen LogP contribution in [0.1, 0.15) is 33.3 Å². The van der Waals surface area contributed by atoms with Crippen molar-refractivity contribution >= 4 is 18.9 Å². The van der Waals surface area contributed by atoms with Gasteiger partial charge in [-0.1, -0.05) is 24.3 Å². The maximum absolute atomic E-state index is 9.67. The summed E-state index contributed by atoms with van der Waals surface area (Å²) >= 11 is 0. The van der Waals surface area contributed by atoms with Crippen molar-refractivity contribution in [3.8, 4) is 0 Å². The molecule has 0 unspecified atom stereocenters. The van der Waals surface area contributed by atoms with E-state index in [2.05, 4.69) is 5.43 Å². The molecule has 1 aliphatic rings. The number of nitrogen functional groups attached to an aromatic ring is 1. The zero-order valence-corrected chi connectivity index (χ0v) is 13.0. The quantitative estimate of drug-likeness (QED) is 0.449. The van der Waals surface area contributed by atoms with Gasteiger partial charge in [-0.15, -0.1) is 0 Å². The van der Waals surface area contributed by atoms with Gasteiger partial charge in [-0.2, -0.15) is 0 Å². The summed E-state index contributed by atoms with van der Waals surface area (Å²) in [6.45, 7) is 7.79. The van der Waals surface area contributed by atoms with Crippen molar-refractivity contribution in [1.29, 1.82) is 0 Å². The van der Waals surface area contributed by atoms with Gasteiger partial charge in [-0.05, 0) is 44.8 Å². The van der Waals surface area contributed by atoms with Crippen LogP contribution in [-0.2, 0) is 9.31 Å². The fourth-order valence-corrected chi connectivity index (χ4v) is 2.14. The predicted molar refractivity (Wildman–Crippen MR) is 85.4 cm³/mol. The predicted octanol–water partition coefficient (Wildman–Crippen LogP) is 1.98. The first kappa shape index (κ1) is 16.0. The number of aliphatic hydroxyl groups excluding tert-OH is 1. The summed E-state index contributed by atoms with van der Waals surface area (Å²) < 4.78 is 11.9. The van der Waals surface area contributed by atoms with E-state index in [0.29, 0.717) is 5.47 Å². The maximum atomic E-state index is 9.67. The minimum atomic E-state index is -0.564. The Bertz CT molecular complexity index is 527. The molecule has 1 saturated heterocycles. The van der Waals surface area contributed by atoms with E-state index in [1.165, 1.54) is 0 Å². The van der Waals surface area contributed by atoms with Gasteiger partial charge in [0.05, 0.1) is 23.5 Å². The van der Waals surface area contributed by atoms with Crippen molar-refractivity contribution in [1.82, 2.24) is 0 Å². The minimum absolute atomic E-state index is 0.143. The highest BCUT2D eigenvalue weighted by Crippen LogP contribution is 2.38. The van der Waals surface area contributed by atoms with E-state index in [1.807, 2.05) is 58.0 Å². The Hall–Kier alpha value is -1.34. The topological polar surface area (TPSA) is 76.7 Å². The van der Waals surface area contributed by atoms with Crippen LogP contribution < -0.4 is 11.3 Å². The molecular formula is C15H23BN2O3. The Morgan fingerprint density at radius 2 is 1.81 bits per heavy atom. The standard InChI is InChI=1S/C15H23BN2O3/c1-14(2)15(3,4)21-16(20-14)12(10-19)9-11-7-5-6-8-13(11)18-17/h5-9,18-19H,10,17H2,1-4H3. The third-order valence-electron chi connectivity index (χ3n) is 4.20. The van der Waals surface area contributed by atoms with E-state index >= 15 is 0 Å². The van der Waals surface area contributed by atoms with Crippen molar-refractivity contribution in [3.05, 3.63) is 35.3 Å². The monoisotopic (exact) mass is 290 g/mol. The molecule has 2 rings (SSSR count). The first-order valence-corrected chi connectivity index (χ1v) is 7.03. The van der Waals surface area contributed by atoms with Crippen LogP contribution in [0.5, 0.6) is 0 Å².